The first kappa shape index (κ1) is 10.4. The third-order valence-electron chi connectivity index (χ3n) is 1.27. The first-order chi connectivity index (χ1) is 5.22. The maximum absolute atomic E-state index is 11.0. The molecule has 11 heavy (non-hydrogen) atoms. The van der Waals surface area contributed by atoms with Gasteiger partial charge in [0, 0.05) is 15.1 Å². The van der Waals surface area contributed by atoms with Gasteiger partial charge in [0.05, 0.1) is 6.61 Å². The number of ether oxygens (including phenoxy) is 1. The summed E-state index contributed by atoms with van der Waals surface area (Å²) in [5.74, 6) is -0.152. The standard InChI is InChI=1S/C8H16O2Si/c1-4-5-10-8(9)7(2)6-11-3/h6H,4-5,11H2,1-3H3. The lowest BCUT2D eigenvalue weighted by Gasteiger charge is -2.01. The molecule has 0 heterocycles. The van der Waals surface area contributed by atoms with Crippen LogP contribution in [0.2, 0.25) is 6.55 Å². The van der Waals surface area contributed by atoms with Crippen molar-refractivity contribution in [1.29, 1.82) is 0 Å². The normalized spacial score (nSPS) is 12.5. The average molecular weight is 172 g/mol. The van der Waals surface area contributed by atoms with E-state index in [1.165, 1.54) is 0 Å². The van der Waals surface area contributed by atoms with Gasteiger partial charge in [-0.2, -0.15) is 0 Å². The summed E-state index contributed by atoms with van der Waals surface area (Å²) in [4.78, 5) is 11.0. The van der Waals surface area contributed by atoms with Crippen LogP contribution >= 0.6 is 0 Å². The molecule has 0 aliphatic heterocycles. The van der Waals surface area contributed by atoms with Gasteiger partial charge in [0.2, 0.25) is 0 Å². The smallest absolute Gasteiger partial charge is 0.332 e. The number of rotatable bonds is 4. The average Bonchev–Trinajstić information content (AvgIpc) is 2.00. The topological polar surface area (TPSA) is 26.3 Å². The maximum Gasteiger partial charge on any atom is 0.332 e. The summed E-state index contributed by atoms with van der Waals surface area (Å²) in [7, 11) is -0.162. The summed E-state index contributed by atoms with van der Waals surface area (Å²) in [5.41, 5.74) is 2.78. The number of carbonyl (C=O) groups is 1. The second-order valence-electron chi connectivity index (χ2n) is 2.43. The van der Waals surface area contributed by atoms with Crippen molar-refractivity contribution < 1.29 is 9.53 Å². The Labute approximate surface area is 70.5 Å². The van der Waals surface area contributed by atoms with Gasteiger partial charge in [-0.25, -0.2) is 4.79 Å². The van der Waals surface area contributed by atoms with Crippen LogP contribution < -0.4 is 0 Å². The molecule has 0 aliphatic rings. The van der Waals surface area contributed by atoms with Crippen molar-refractivity contribution in [3.63, 3.8) is 0 Å². The third kappa shape index (κ3) is 4.78. The highest BCUT2D eigenvalue weighted by atomic mass is 28.2. The lowest BCUT2D eigenvalue weighted by molar-refractivity contribution is -0.138. The Balaban J connectivity index is 3.73. The van der Waals surface area contributed by atoms with E-state index in [1.807, 2.05) is 19.5 Å². The molecule has 0 spiro atoms. The zero-order valence-electron chi connectivity index (χ0n) is 7.52. The second-order valence-corrected chi connectivity index (χ2v) is 3.66. The van der Waals surface area contributed by atoms with Crippen LogP contribution in [0.15, 0.2) is 11.3 Å². The maximum atomic E-state index is 11.0. The van der Waals surface area contributed by atoms with Gasteiger partial charge in [0.1, 0.15) is 0 Å². The van der Waals surface area contributed by atoms with Crippen LogP contribution in [0.3, 0.4) is 0 Å². The molecule has 2 nitrogen and oxygen atoms in total. The van der Waals surface area contributed by atoms with E-state index in [1.54, 1.807) is 0 Å². The Kier molecular flexibility index (Phi) is 5.84. The molecular formula is C8H16O2Si. The molecule has 0 unspecified atom stereocenters. The number of esters is 1. The van der Waals surface area contributed by atoms with E-state index in [0.29, 0.717) is 6.61 Å². The first-order valence-electron chi connectivity index (χ1n) is 4.06. The van der Waals surface area contributed by atoms with Gasteiger partial charge in [-0.15, -0.1) is 0 Å². The summed E-state index contributed by atoms with van der Waals surface area (Å²) in [5, 5.41) is 0. The fourth-order valence-electron chi connectivity index (χ4n) is 0.698. The van der Waals surface area contributed by atoms with Crippen molar-refractivity contribution in [2.45, 2.75) is 26.8 Å². The van der Waals surface area contributed by atoms with Gasteiger partial charge < -0.3 is 4.74 Å². The molecular weight excluding hydrogens is 156 g/mol. The summed E-state index contributed by atoms with van der Waals surface area (Å²) < 4.78 is 4.92. The van der Waals surface area contributed by atoms with Gasteiger partial charge in [-0.1, -0.05) is 19.2 Å². The zero-order chi connectivity index (χ0) is 8.69. The van der Waals surface area contributed by atoms with E-state index in [-0.39, 0.29) is 15.5 Å². The largest absolute Gasteiger partial charge is 0.462 e. The Hall–Kier alpha value is -0.573. The van der Waals surface area contributed by atoms with E-state index in [9.17, 15) is 4.79 Å². The minimum atomic E-state index is -0.162. The Morgan fingerprint density at radius 2 is 2.27 bits per heavy atom. The summed E-state index contributed by atoms with van der Waals surface area (Å²) in [6.07, 6.45) is 0.891. The van der Waals surface area contributed by atoms with Gasteiger partial charge in [-0.05, 0) is 13.3 Å². The fraction of sp³-hybridized carbons (Fsp3) is 0.625. The highest BCUT2D eigenvalue weighted by Gasteiger charge is 2.02. The van der Waals surface area contributed by atoms with Crippen LogP contribution in [0.25, 0.3) is 0 Å². The number of hydrogen-bond acceptors (Lipinski definition) is 2. The molecule has 0 aromatic rings. The minimum absolute atomic E-state index is 0.152. The zero-order valence-corrected chi connectivity index (χ0v) is 8.93. The lowest BCUT2D eigenvalue weighted by Crippen LogP contribution is -2.06. The Morgan fingerprint density at radius 1 is 1.64 bits per heavy atom. The van der Waals surface area contributed by atoms with Crippen molar-refractivity contribution in [1.82, 2.24) is 0 Å². The monoisotopic (exact) mass is 172 g/mol. The van der Waals surface area contributed by atoms with Crippen molar-refractivity contribution in [2.24, 2.45) is 0 Å². The van der Waals surface area contributed by atoms with Crippen LogP contribution in [0.5, 0.6) is 0 Å². The highest BCUT2D eigenvalue weighted by molar-refractivity contribution is 6.41. The molecule has 0 bridgehead atoms. The molecule has 0 saturated carbocycles. The van der Waals surface area contributed by atoms with Crippen molar-refractivity contribution in [2.75, 3.05) is 6.61 Å². The minimum Gasteiger partial charge on any atom is -0.462 e. The molecule has 0 rings (SSSR count). The Bertz CT molecular complexity index is 152. The van der Waals surface area contributed by atoms with Crippen molar-refractivity contribution >= 4 is 15.5 Å². The van der Waals surface area contributed by atoms with Crippen molar-refractivity contribution in [3.8, 4) is 0 Å². The molecule has 0 amide bonds. The number of carbonyl (C=O) groups excluding carboxylic acids is 1. The molecule has 64 valence electrons. The molecule has 0 saturated heterocycles. The van der Waals surface area contributed by atoms with Gasteiger partial charge in [0.15, 0.2) is 0 Å². The molecule has 0 atom stereocenters. The second kappa shape index (κ2) is 6.16. The van der Waals surface area contributed by atoms with E-state index in [0.717, 1.165) is 12.0 Å². The van der Waals surface area contributed by atoms with Crippen LogP contribution in [0, 0.1) is 0 Å². The van der Waals surface area contributed by atoms with Crippen LogP contribution in [-0.4, -0.2) is 22.1 Å². The molecule has 0 aromatic heterocycles. The van der Waals surface area contributed by atoms with Crippen molar-refractivity contribution in [3.05, 3.63) is 11.3 Å². The molecule has 0 aromatic carbocycles. The number of hydrogen-bond donors (Lipinski definition) is 0. The predicted molar refractivity (Wildman–Crippen MR) is 49.4 cm³/mol. The van der Waals surface area contributed by atoms with Gasteiger partial charge in [0.25, 0.3) is 0 Å². The van der Waals surface area contributed by atoms with Gasteiger partial charge in [-0.3, -0.25) is 0 Å². The molecule has 0 N–H and O–H groups in total. The van der Waals surface area contributed by atoms with Gasteiger partial charge >= 0.3 is 5.97 Å². The third-order valence-corrected chi connectivity index (χ3v) is 2.29. The molecule has 0 radical (unpaired) electrons. The van der Waals surface area contributed by atoms with E-state index in [4.69, 9.17) is 4.74 Å². The fourth-order valence-corrected chi connectivity index (χ4v) is 1.48. The molecule has 0 fully saturated rings. The van der Waals surface area contributed by atoms with Crippen LogP contribution in [0.4, 0.5) is 0 Å². The molecule has 0 aliphatic carbocycles. The van der Waals surface area contributed by atoms with E-state index >= 15 is 0 Å². The van der Waals surface area contributed by atoms with E-state index in [2.05, 4.69) is 6.55 Å². The van der Waals surface area contributed by atoms with Crippen LogP contribution in [-0.2, 0) is 9.53 Å². The lowest BCUT2D eigenvalue weighted by atomic mass is 10.4. The van der Waals surface area contributed by atoms with E-state index < -0.39 is 0 Å². The SMILES string of the molecule is CCCOC(=O)C(C)=C[SiH2]C. The summed E-state index contributed by atoms with van der Waals surface area (Å²) >= 11 is 0. The summed E-state index contributed by atoms with van der Waals surface area (Å²) in [6.45, 7) is 6.47. The quantitative estimate of drug-likeness (QED) is 0.360. The summed E-state index contributed by atoms with van der Waals surface area (Å²) in [6, 6.07) is 0. The van der Waals surface area contributed by atoms with Crippen LogP contribution in [0.1, 0.15) is 20.3 Å². The Morgan fingerprint density at radius 3 is 2.73 bits per heavy atom. The predicted octanol–water partition coefficient (Wildman–Crippen LogP) is 1.06. The molecule has 3 heteroatoms. The first-order valence-corrected chi connectivity index (χ1v) is 6.29. The highest BCUT2D eigenvalue weighted by Crippen LogP contribution is 1.95.